The molecule has 0 saturated heterocycles. The molecular weight excluding hydrogens is 262 g/mol. The molecule has 1 N–H and O–H groups in total. The second kappa shape index (κ2) is 7.60. The van der Waals surface area contributed by atoms with Gasteiger partial charge in [-0.3, -0.25) is 4.79 Å². The SMILES string of the molecule is COCc1cccc(NC(=O)CC(C)c2ccccc2)c1. The molecule has 1 atom stereocenters. The number of benzene rings is 2. The van der Waals surface area contributed by atoms with Crippen molar-refractivity contribution in [2.45, 2.75) is 25.9 Å². The van der Waals surface area contributed by atoms with Gasteiger partial charge in [-0.15, -0.1) is 0 Å². The highest BCUT2D eigenvalue weighted by atomic mass is 16.5. The monoisotopic (exact) mass is 283 g/mol. The van der Waals surface area contributed by atoms with Crippen molar-refractivity contribution in [1.82, 2.24) is 0 Å². The quantitative estimate of drug-likeness (QED) is 0.871. The van der Waals surface area contributed by atoms with Crippen LogP contribution in [0.15, 0.2) is 54.6 Å². The third kappa shape index (κ3) is 4.72. The molecular formula is C18H21NO2. The van der Waals surface area contributed by atoms with Crippen LogP contribution >= 0.6 is 0 Å². The predicted octanol–water partition coefficient (Wildman–Crippen LogP) is 3.97. The lowest BCUT2D eigenvalue weighted by molar-refractivity contribution is -0.116. The van der Waals surface area contributed by atoms with Crippen molar-refractivity contribution in [1.29, 1.82) is 0 Å². The van der Waals surface area contributed by atoms with Crippen LogP contribution in [0.5, 0.6) is 0 Å². The summed E-state index contributed by atoms with van der Waals surface area (Å²) in [6.07, 6.45) is 0.471. The average Bonchev–Trinajstić information content (AvgIpc) is 2.48. The van der Waals surface area contributed by atoms with Crippen LogP contribution in [0.25, 0.3) is 0 Å². The molecule has 1 amide bonds. The molecule has 0 spiro atoms. The van der Waals surface area contributed by atoms with Gasteiger partial charge in [-0.2, -0.15) is 0 Å². The van der Waals surface area contributed by atoms with Gasteiger partial charge in [-0.1, -0.05) is 49.4 Å². The van der Waals surface area contributed by atoms with Crippen LogP contribution in [0.3, 0.4) is 0 Å². The minimum atomic E-state index is 0.0286. The van der Waals surface area contributed by atoms with Crippen LogP contribution < -0.4 is 5.32 Å². The second-order valence-electron chi connectivity index (χ2n) is 5.20. The van der Waals surface area contributed by atoms with E-state index in [1.807, 2.05) is 42.5 Å². The highest BCUT2D eigenvalue weighted by Gasteiger charge is 2.11. The Labute approximate surface area is 126 Å². The third-order valence-electron chi connectivity index (χ3n) is 3.38. The Balaban J connectivity index is 1.94. The topological polar surface area (TPSA) is 38.3 Å². The van der Waals surface area contributed by atoms with Crippen LogP contribution in [0.1, 0.15) is 30.4 Å². The fourth-order valence-electron chi connectivity index (χ4n) is 2.30. The van der Waals surface area contributed by atoms with Crippen molar-refractivity contribution in [3.05, 3.63) is 65.7 Å². The number of methoxy groups -OCH3 is 1. The third-order valence-corrected chi connectivity index (χ3v) is 3.38. The Morgan fingerprint density at radius 3 is 2.62 bits per heavy atom. The largest absolute Gasteiger partial charge is 0.380 e. The van der Waals surface area contributed by atoms with Gasteiger partial charge in [0.25, 0.3) is 0 Å². The van der Waals surface area contributed by atoms with Crippen LogP contribution in [0.2, 0.25) is 0 Å². The van der Waals surface area contributed by atoms with Gasteiger partial charge >= 0.3 is 0 Å². The molecule has 0 fully saturated rings. The molecule has 2 rings (SSSR count). The molecule has 110 valence electrons. The summed E-state index contributed by atoms with van der Waals surface area (Å²) in [6.45, 7) is 2.61. The number of nitrogens with one attached hydrogen (secondary N) is 1. The van der Waals surface area contributed by atoms with Gasteiger partial charge in [0.15, 0.2) is 0 Å². The first-order chi connectivity index (χ1) is 10.2. The summed E-state index contributed by atoms with van der Waals surface area (Å²) >= 11 is 0. The number of ether oxygens (including phenoxy) is 1. The maximum Gasteiger partial charge on any atom is 0.224 e. The van der Waals surface area contributed by atoms with Crippen molar-refractivity contribution in [3.63, 3.8) is 0 Å². The molecule has 3 heteroatoms. The maximum absolute atomic E-state index is 12.1. The molecule has 2 aromatic rings. The Hall–Kier alpha value is -2.13. The molecule has 0 aromatic heterocycles. The normalized spacial score (nSPS) is 11.9. The fraction of sp³-hybridized carbons (Fsp3) is 0.278. The van der Waals surface area contributed by atoms with Crippen LogP contribution in [-0.4, -0.2) is 13.0 Å². The predicted molar refractivity (Wildman–Crippen MR) is 85.3 cm³/mol. The molecule has 2 aromatic carbocycles. The van der Waals surface area contributed by atoms with Gasteiger partial charge < -0.3 is 10.1 Å². The molecule has 0 saturated carbocycles. The first-order valence-electron chi connectivity index (χ1n) is 7.11. The molecule has 0 aliphatic heterocycles. The van der Waals surface area contributed by atoms with Crippen LogP contribution in [0.4, 0.5) is 5.69 Å². The Bertz CT molecular complexity index is 581. The van der Waals surface area contributed by atoms with Gasteiger partial charge in [0.1, 0.15) is 0 Å². The zero-order valence-electron chi connectivity index (χ0n) is 12.5. The van der Waals surface area contributed by atoms with Gasteiger partial charge in [0, 0.05) is 19.2 Å². The Kier molecular flexibility index (Phi) is 5.52. The van der Waals surface area contributed by atoms with Crippen molar-refractivity contribution in [3.8, 4) is 0 Å². The van der Waals surface area contributed by atoms with E-state index in [-0.39, 0.29) is 11.8 Å². The Morgan fingerprint density at radius 1 is 1.14 bits per heavy atom. The highest BCUT2D eigenvalue weighted by molar-refractivity contribution is 5.91. The first-order valence-corrected chi connectivity index (χ1v) is 7.11. The lowest BCUT2D eigenvalue weighted by atomic mass is 9.97. The molecule has 0 aliphatic carbocycles. The van der Waals surface area contributed by atoms with Crippen molar-refractivity contribution >= 4 is 11.6 Å². The van der Waals surface area contributed by atoms with E-state index in [0.29, 0.717) is 13.0 Å². The summed E-state index contributed by atoms with van der Waals surface area (Å²) in [5, 5.41) is 2.95. The summed E-state index contributed by atoms with van der Waals surface area (Å²) in [5.74, 6) is 0.231. The van der Waals surface area contributed by atoms with E-state index < -0.39 is 0 Å². The number of hydrogen-bond donors (Lipinski definition) is 1. The minimum Gasteiger partial charge on any atom is -0.380 e. The molecule has 0 radical (unpaired) electrons. The van der Waals surface area contributed by atoms with E-state index >= 15 is 0 Å². The summed E-state index contributed by atoms with van der Waals surface area (Å²) in [6, 6.07) is 17.8. The minimum absolute atomic E-state index is 0.0286. The number of amides is 1. The maximum atomic E-state index is 12.1. The Morgan fingerprint density at radius 2 is 1.90 bits per heavy atom. The van der Waals surface area contributed by atoms with E-state index in [9.17, 15) is 4.79 Å². The van der Waals surface area contributed by atoms with Crippen molar-refractivity contribution < 1.29 is 9.53 Å². The fourth-order valence-corrected chi connectivity index (χ4v) is 2.30. The number of anilines is 1. The molecule has 0 bridgehead atoms. The average molecular weight is 283 g/mol. The first kappa shape index (κ1) is 15.3. The van der Waals surface area contributed by atoms with Crippen molar-refractivity contribution in [2.24, 2.45) is 0 Å². The number of rotatable bonds is 6. The highest BCUT2D eigenvalue weighted by Crippen LogP contribution is 2.19. The molecule has 0 aliphatic rings. The van der Waals surface area contributed by atoms with Crippen LogP contribution in [0, 0.1) is 0 Å². The zero-order chi connectivity index (χ0) is 15.1. The second-order valence-corrected chi connectivity index (χ2v) is 5.20. The number of carbonyl (C=O) groups excluding carboxylic acids is 1. The molecule has 21 heavy (non-hydrogen) atoms. The van der Waals surface area contributed by atoms with Crippen molar-refractivity contribution in [2.75, 3.05) is 12.4 Å². The lowest BCUT2D eigenvalue weighted by Gasteiger charge is -2.12. The van der Waals surface area contributed by atoms with Gasteiger partial charge in [0.2, 0.25) is 5.91 Å². The van der Waals surface area contributed by atoms with Gasteiger partial charge in [-0.05, 0) is 29.2 Å². The molecule has 0 heterocycles. The van der Waals surface area contributed by atoms with Gasteiger partial charge in [-0.25, -0.2) is 0 Å². The van der Waals surface area contributed by atoms with E-state index in [4.69, 9.17) is 4.74 Å². The van der Waals surface area contributed by atoms with E-state index in [1.54, 1.807) is 7.11 Å². The summed E-state index contributed by atoms with van der Waals surface area (Å²) in [4.78, 5) is 12.1. The van der Waals surface area contributed by atoms with Gasteiger partial charge in [0.05, 0.1) is 6.61 Å². The lowest BCUT2D eigenvalue weighted by Crippen LogP contribution is -2.14. The van der Waals surface area contributed by atoms with Crippen LogP contribution in [-0.2, 0) is 16.1 Å². The van der Waals surface area contributed by atoms with E-state index in [2.05, 4.69) is 24.4 Å². The zero-order valence-corrected chi connectivity index (χ0v) is 12.5. The number of hydrogen-bond acceptors (Lipinski definition) is 2. The smallest absolute Gasteiger partial charge is 0.224 e. The standard InChI is InChI=1S/C18H21NO2/c1-14(16-8-4-3-5-9-16)11-18(20)19-17-10-6-7-15(12-17)13-21-2/h3-10,12,14H,11,13H2,1-2H3,(H,19,20). The molecule has 3 nitrogen and oxygen atoms in total. The molecule has 1 unspecified atom stereocenters. The summed E-state index contributed by atoms with van der Waals surface area (Å²) in [7, 11) is 1.66. The summed E-state index contributed by atoms with van der Waals surface area (Å²) in [5.41, 5.74) is 3.04. The van der Waals surface area contributed by atoms with E-state index in [1.165, 1.54) is 5.56 Å². The van der Waals surface area contributed by atoms with E-state index in [0.717, 1.165) is 11.3 Å². The summed E-state index contributed by atoms with van der Waals surface area (Å²) < 4.78 is 5.10. The number of carbonyl (C=O) groups is 1.